The molecule has 0 fully saturated rings. The van der Waals surface area contributed by atoms with Crippen LogP contribution in [0.2, 0.25) is 0 Å². The van der Waals surface area contributed by atoms with Crippen molar-refractivity contribution < 1.29 is 4.42 Å². The van der Waals surface area contributed by atoms with Gasteiger partial charge in [-0.2, -0.15) is 0 Å². The van der Waals surface area contributed by atoms with Crippen molar-refractivity contribution in [3.05, 3.63) is 235 Å². The van der Waals surface area contributed by atoms with Crippen LogP contribution in [0.3, 0.4) is 0 Å². The number of benzene rings is 9. The summed E-state index contributed by atoms with van der Waals surface area (Å²) in [6.45, 7) is 6.72. The molecule has 66 heavy (non-hydrogen) atoms. The number of nitrogens with one attached hydrogen (secondary N) is 1. The van der Waals surface area contributed by atoms with Gasteiger partial charge in [0.15, 0.2) is 11.7 Å². The summed E-state index contributed by atoms with van der Waals surface area (Å²) >= 11 is 0. The SMILES string of the molecule is CC(C)(C)c1ccc(-c2cc(C(=N)/N=C(\N=C\c3ccccc3)c3ccccc3)cc(-c3ccccc3)c2-n2c3ccccc3c3c4oc5c(-c6ccccc6)cccc5c4ccc32)cc1. The fourth-order valence-corrected chi connectivity index (χ4v) is 9.21. The molecule has 0 saturated heterocycles. The highest BCUT2D eigenvalue weighted by atomic mass is 16.3. The third-order valence-electron chi connectivity index (χ3n) is 12.5. The zero-order valence-corrected chi connectivity index (χ0v) is 37.0. The van der Waals surface area contributed by atoms with E-state index in [1.807, 2.05) is 79.0 Å². The first kappa shape index (κ1) is 40.4. The lowest BCUT2D eigenvalue weighted by atomic mass is 9.85. The number of aliphatic imine (C=N–C) groups is 2. The zero-order valence-electron chi connectivity index (χ0n) is 37.0. The summed E-state index contributed by atoms with van der Waals surface area (Å²) in [4.78, 5) is 9.89. The predicted molar refractivity (Wildman–Crippen MR) is 277 cm³/mol. The van der Waals surface area contributed by atoms with E-state index in [2.05, 4.69) is 165 Å². The Morgan fingerprint density at radius 2 is 1.06 bits per heavy atom. The van der Waals surface area contributed by atoms with E-state index >= 15 is 0 Å². The van der Waals surface area contributed by atoms with E-state index in [1.165, 1.54) is 5.56 Å². The molecule has 0 spiro atoms. The minimum atomic E-state index is -0.0332. The predicted octanol–water partition coefficient (Wildman–Crippen LogP) is 15.9. The molecule has 2 heterocycles. The normalized spacial score (nSPS) is 12.3. The van der Waals surface area contributed by atoms with Crippen molar-refractivity contribution >= 4 is 61.6 Å². The summed E-state index contributed by atoms with van der Waals surface area (Å²) in [5.74, 6) is 0.564. The summed E-state index contributed by atoms with van der Waals surface area (Å²) in [7, 11) is 0. The van der Waals surface area contributed by atoms with Crippen molar-refractivity contribution in [1.82, 2.24) is 4.57 Å². The van der Waals surface area contributed by atoms with Gasteiger partial charge in [-0.25, -0.2) is 9.98 Å². The fraction of sp³-hybridized carbons (Fsp3) is 0.0656. The largest absolute Gasteiger partial charge is 0.455 e. The Balaban J connectivity index is 1.20. The van der Waals surface area contributed by atoms with E-state index in [0.29, 0.717) is 11.4 Å². The lowest BCUT2D eigenvalue weighted by molar-refractivity contribution is 0.590. The van der Waals surface area contributed by atoms with Gasteiger partial charge in [-0.3, -0.25) is 5.41 Å². The molecule has 1 N–H and O–H groups in total. The summed E-state index contributed by atoms with van der Waals surface area (Å²) < 4.78 is 9.49. The van der Waals surface area contributed by atoms with Crippen molar-refractivity contribution in [3.8, 4) is 39.1 Å². The molecule has 0 saturated carbocycles. The quantitative estimate of drug-likeness (QED) is 0.126. The van der Waals surface area contributed by atoms with Crippen molar-refractivity contribution in [3.63, 3.8) is 0 Å². The monoisotopic (exact) mass is 850 g/mol. The van der Waals surface area contributed by atoms with Crippen LogP contribution < -0.4 is 0 Å². The fourth-order valence-electron chi connectivity index (χ4n) is 9.21. The van der Waals surface area contributed by atoms with E-state index in [0.717, 1.165) is 93.9 Å². The number of fused-ring (bicyclic) bond motifs is 7. The Bertz CT molecular complexity index is 3650. The van der Waals surface area contributed by atoms with Crippen molar-refractivity contribution in [2.45, 2.75) is 26.2 Å². The maximum atomic E-state index is 9.78. The Morgan fingerprint density at radius 3 is 1.73 bits per heavy atom. The number of aromatic nitrogens is 1. The highest BCUT2D eigenvalue weighted by Gasteiger charge is 2.25. The van der Waals surface area contributed by atoms with Crippen LogP contribution in [0.1, 0.15) is 43.0 Å². The lowest BCUT2D eigenvalue weighted by Gasteiger charge is -2.22. The molecular weight excluding hydrogens is 805 g/mol. The summed E-state index contributed by atoms with van der Waals surface area (Å²) in [6, 6.07) is 73.6. The molecular formula is C61H46N4O. The van der Waals surface area contributed by atoms with Crippen molar-refractivity contribution in [2.24, 2.45) is 9.98 Å². The molecule has 2 aromatic heterocycles. The minimum absolute atomic E-state index is 0.0332. The first-order valence-corrected chi connectivity index (χ1v) is 22.4. The molecule has 5 heteroatoms. The van der Waals surface area contributed by atoms with Crippen LogP contribution in [0.4, 0.5) is 0 Å². The van der Waals surface area contributed by atoms with Crippen molar-refractivity contribution in [1.29, 1.82) is 5.41 Å². The second-order valence-corrected chi connectivity index (χ2v) is 17.8. The van der Waals surface area contributed by atoms with Gasteiger partial charge in [0.2, 0.25) is 0 Å². The topological polar surface area (TPSA) is 66.6 Å². The molecule has 0 aliphatic rings. The number of rotatable bonds is 7. The average Bonchev–Trinajstić information content (AvgIpc) is 3.91. The number of furan rings is 1. The highest BCUT2D eigenvalue weighted by molar-refractivity contribution is 6.25. The number of hydrogen-bond donors (Lipinski definition) is 1. The average molecular weight is 851 g/mol. The Morgan fingerprint density at radius 1 is 0.500 bits per heavy atom. The van der Waals surface area contributed by atoms with Gasteiger partial charge in [-0.1, -0.05) is 203 Å². The standard InChI is InChI=1S/C61H46N4O/c1-61(2,3)46-33-31-43(32-34-46)52-38-45(59(62)64-60(44-25-14-7-15-26-44)63-39-40-19-8-4-9-20-40)37-51(42-23-12-6-13-24-42)56(52)65-53-30-17-16-27-50(53)55-54(65)36-35-49-48-29-18-28-47(57(48)66-58(49)55)41-21-10-5-11-22-41/h4-39,62H,1-3H3/b62-59?,63-39+,64-60-. The van der Waals surface area contributed by atoms with E-state index < -0.39 is 0 Å². The highest BCUT2D eigenvalue weighted by Crippen LogP contribution is 2.46. The number of para-hydroxylation sites is 2. The van der Waals surface area contributed by atoms with E-state index in [4.69, 9.17) is 14.4 Å². The lowest BCUT2D eigenvalue weighted by Crippen LogP contribution is -2.10. The minimum Gasteiger partial charge on any atom is -0.455 e. The zero-order chi connectivity index (χ0) is 44.8. The molecule has 5 nitrogen and oxygen atoms in total. The second-order valence-electron chi connectivity index (χ2n) is 17.8. The summed E-state index contributed by atoms with van der Waals surface area (Å²) in [5.41, 5.74) is 14.6. The van der Waals surface area contributed by atoms with E-state index in [9.17, 15) is 5.41 Å². The molecule has 0 radical (unpaired) electrons. The van der Waals surface area contributed by atoms with Crippen LogP contribution in [0, 0.1) is 5.41 Å². The van der Waals surface area contributed by atoms with Gasteiger partial charge in [0.25, 0.3) is 0 Å². The van der Waals surface area contributed by atoms with Crippen LogP contribution in [-0.2, 0) is 5.41 Å². The Labute approximate surface area is 384 Å². The van der Waals surface area contributed by atoms with Crippen LogP contribution in [0.15, 0.2) is 227 Å². The molecule has 0 bridgehead atoms. The van der Waals surface area contributed by atoms with Gasteiger partial charge in [0.1, 0.15) is 11.2 Å². The second kappa shape index (κ2) is 16.6. The molecule has 0 aliphatic heterocycles. The van der Waals surface area contributed by atoms with Crippen LogP contribution in [0.25, 0.3) is 82.8 Å². The third-order valence-corrected chi connectivity index (χ3v) is 12.5. The molecule has 0 unspecified atom stereocenters. The van der Waals surface area contributed by atoms with Gasteiger partial charge in [0, 0.05) is 50.2 Å². The molecule has 0 amide bonds. The van der Waals surface area contributed by atoms with Gasteiger partial charge in [0.05, 0.1) is 22.1 Å². The van der Waals surface area contributed by atoms with E-state index in [1.54, 1.807) is 0 Å². The maximum absolute atomic E-state index is 9.78. The molecule has 316 valence electrons. The summed E-state index contributed by atoms with van der Waals surface area (Å²) in [6.07, 6.45) is 1.81. The maximum Gasteiger partial charge on any atom is 0.161 e. The molecule has 0 atom stereocenters. The first-order chi connectivity index (χ1) is 32.3. The first-order valence-electron chi connectivity index (χ1n) is 22.4. The molecule has 11 aromatic rings. The smallest absolute Gasteiger partial charge is 0.161 e. The van der Waals surface area contributed by atoms with Crippen LogP contribution >= 0.6 is 0 Å². The molecule has 11 rings (SSSR count). The van der Waals surface area contributed by atoms with E-state index in [-0.39, 0.29) is 11.3 Å². The number of hydrogen-bond acceptors (Lipinski definition) is 2. The van der Waals surface area contributed by atoms with Gasteiger partial charge in [-0.15, -0.1) is 0 Å². The molecule has 0 aliphatic carbocycles. The van der Waals surface area contributed by atoms with Crippen molar-refractivity contribution in [2.75, 3.05) is 0 Å². The molecule has 9 aromatic carbocycles. The van der Waals surface area contributed by atoms with Gasteiger partial charge >= 0.3 is 0 Å². The van der Waals surface area contributed by atoms with Gasteiger partial charge < -0.3 is 8.98 Å². The summed E-state index contributed by atoms with van der Waals surface area (Å²) in [5, 5.41) is 14.1. The Hall–Kier alpha value is -8.41. The van der Waals surface area contributed by atoms with Crippen LogP contribution in [0.5, 0.6) is 0 Å². The number of amidine groups is 2. The van der Waals surface area contributed by atoms with Gasteiger partial charge in [-0.05, 0) is 63.6 Å². The Kier molecular flexibility index (Phi) is 10.2. The number of nitrogens with zero attached hydrogens (tertiary/aromatic N) is 3. The third kappa shape index (κ3) is 7.31. The van der Waals surface area contributed by atoms with Crippen LogP contribution in [-0.4, -0.2) is 22.5 Å².